The highest BCUT2D eigenvalue weighted by molar-refractivity contribution is 7.11. The van der Waals surface area contributed by atoms with Crippen molar-refractivity contribution < 1.29 is 0 Å². The molecule has 0 aliphatic heterocycles. The Bertz CT molecular complexity index is 509. The molecule has 0 saturated carbocycles. The first-order chi connectivity index (χ1) is 8.45. The molecule has 2 aromatic heterocycles. The van der Waals surface area contributed by atoms with E-state index in [0.29, 0.717) is 0 Å². The molecule has 0 amide bonds. The second-order valence-electron chi connectivity index (χ2n) is 5.38. The number of aromatic nitrogens is 2. The van der Waals surface area contributed by atoms with Crippen molar-refractivity contribution in [2.24, 2.45) is 0 Å². The lowest BCUT2D eigenvalue weighted by molar-refractivity contribution is 0.587. The van der Waals surface area contributed by atoms with E-state index >= 15 is 0 Å². The molecular weight excluding hydrogens is 242 g/mol. The van der Waals surface area contributed by atoms with E-state index in [9.17, 15) is 0 Å². The van der Waals surface area contributed by atoms with Gasteiger partial charge in [0, 0.05) is 17.3 Å². The fourth-order valence-corrected chi connectivity index (χ4v) is 2.34. The number of pyridine rings is 1. The van der Waals surface area contributed by atoms with Gasteiger partial charge in [-0.15, -0.1) is 11.3 Å². The minimum Gasteiger partial charge on any atom is -0.365 e. The van der Waals surface area contributed by atoms with Crippen molar-refractivity contribution in [2.75, 3.05) is 5.32 Å². The molecule has 0 aliphatic rings. The first-order valence-corrected chi connectivity index (χ1v) is 6.88. The molecule has 4 heteroatoms. The van der Waals surface area contributed by atoms with Gasteiger partial charge in [-0.2, -0.15) is 0 Å². The largest absolute Gasteiger partial charge is 0.365 e. The third-order valence-electron chi connectivity index (χ3n) is 2.74. The van der Waals surface area contributed by atoms with E-state index in [4.69, 9.17) is 0 Å². The van der Waals surface area contributed by atoms with Gasteiger partial charge in [-0.1, -0.05) is 26.8 Å². The Morgan fingerprint density at radius 1 is 1.17 bits per heavy atom. The molecule has 0 atom stereocenters. The van der Waals surface area contributed by atoms with Crippen LogP contribution in [0.25, 0.3) is 0 Å². The van der Waals surface area contributed by atoms with Crippen molar-refractivity contribution in [3.8, 4) is 0 Å². The minimum absolute atomic E-state index is 0.153. The summed E-state index contributed by atoms with van der Waals surface area (Å²) in [4.78, 5) is 9.90. The highest BCUT2D eigenvalue weighted by atomic mass is 32.1. The smallest absolute Gasteiger partial charge is 0.126 e. The number of rotatable bonds is 3. The molecule has 2 rings (SSSR count). The summed E-state index contributed by atoms with van der Waals surface area (Å²) in [6.07, 6.45) is 3.86. The molecule has 2 aromatic rings. The molecule has 0 unspecified atom stereocenters. The molecule has 0 fully saturated rings. The third-order valence-corrected chi connectivity index (χ3v) is 3.66. The van der Waals surface area contributed by atoms with Crippen LogP contribution in [-0.2, 0) is 12.0 Å². The standard InChI is InChI=1S/C14H19N3S/c1-10-15-8-12(18-10)9-17-13-6-5-11(7-16-13)14(2,3)4/h5-8H,9H2,1-4H3,(H,16,17). The van der Waals surface area contributed by atoms with Crippen LogP contribution in [0.4, 0.5) is 5.82 Å². The predicted octanol–water partition coefficient (Wildman–Crippen LogP) is 3.76. The fraction of sp³-hybridized carbons (Fsp3) is 0.429. The first-order valence-electron chi connectivity index (χ1n) is 6.07. The topological polar surface area (TPSA) is 37.8 Å². The molecule has 3 nitrogen and oxygen atoms in total. The van der Waals surface area contributed by atoms with Crippen LogP contribution in [0.5, 0.6) is 0 Å². The monoisotopic (exact) mass is 261 g/mol. The Labute approximate surface area is 112 Å². The van der Waals surface area contributed by atoms with Crippen molar-refractivity contribution in [3.05, 3.63) is 40.0 Å². The number of hydrogen-bond acceptors (Lipinski definition) is 4. The Balaban J connectivity index is 1.98. The fourth-order valence-electron chi connectivity index (χ4n) is 1.61. The van der Waals surface area contributed by atoms with Crippen molar-refractivity contribution in [2.45, 2.75) is 39.7 Å². The van der Waals surface area contributed by atoms with Gasteiger partial charge in [-0.3, -0.25) is 0 Å². The summed E-state index contributed by atoms with van der Waals surface area (Å²) in [5.41, 5.74) is 1.40. The highest BCUT2D eigenvalue weighted by Crippen LogP contribution is 2.22. The summed E-state index contributed by atoms with van der Waals surface area (Å²) in [5, 5.41) is 4.41. The van der Waals surface area contributed by atoms with E-state index in [1.54, 1.807) is 11.3 Å². The van der Waals surface area contributed by atoms with Gasteiger partial charge >= 0.3 is 0 Å². The number of thiazole rings is 1. The Morgan fingerprint density at radius 2 is 1.94 bits per heavy atom. The third kappa shape index (κ3) is 3.29. The van der Waals surface area contributed by atoms with E-state index in [-0.39, 0.29) is 5.41 Å². The van der Waals surface area contributed by atoms with Gasteiger partial charge in [0.15, 0.2) is 0 Å². The number of nitrogens with one attached hydrogen (secondary N) is 1. The Hall–Kier alpha value is -1.42. The molecule has 96 valence electrons. The zero-order valence-corrected chi connectivity index (χ0v) is 12.1. The predicted molar refractivity (Wildman–Crippen MR) is 77.1 cm³/mol. The van der Waals surface area contributed by atoms with E-state index in [1.165, 1.54) is 10.4 Å². The van der Waals surface area contributed by atoms with E-state index < -0.39 is 0 Å². The SMILES string of the molecule is Cc1ncc(CNc2ccc(C(C)(C)C)cn2)s1. The maximum atomic E-state index is 4.44. The summed E-state index contributed by atoms with van der Waals surface area (Å²) in [6.45, 7) is 9.38. The van der Waals surface area contributed by atoms with Crippen molar-refractivity contribution in [1.29, 1.82) is 0 Å². The maximum absolute atomic E-state index is 4.44. The summed E-state index contributed by atoms with van der Waals surface area (Å²) in [6, 6.07) is 4.17. The van der Waals surface area contributed by atoms with Crippen molar-refractivity contribution in [3.63, 3.8) is 0 Å². The molecule has 0 aromatic carbocycles. The van der Waals surface area contributed by atoms with Crippen LogP contribution in [0, 0.1) is 6.92 Å². The first kappa shape index (κ1) is 13.0. The number of nitrogens with zero attached hydrogens (tertiary/aromatic N) is 2. The maximum Gasteiger partial charge on any atom is 0.126 e. The zero-order chi connectivity index (χ0) is 13.2. The van der Waals surface area contributed by atoms with Gasteiger partial charge in [0.1, 0.15) is 5.82 Å². The van der Waals surface area contributed by atoms with Gasteiger partial charge in [0.25, 0.3) is 0 Å². The molecule has 0 saturated heterocycles. The zero-order valence-electron chi connectivity index (χ0n) is 11.3. The molecule has 1 N–H and O–H groups in total. The van der Waals surface area contributed by atoms with Gasteiger partial charge in [-0.25, -0.2) is 9.97 Å². The lowest BCUT2D eigenvalue weighted by atomic mass is 9.88. The average Bonchev–Trinajstić information content (AvgIpc) is 2.72. The molecule has 0 bridgehead atoms. The summed E-state index contributed by atoms with van der Waals surface area (Å²) in [7, 11) is 0. The minimum atomic E-state index is 0.153. The quantitative estimate of drug-likeness (QED) is 0.914. The van der Waals surface area contributed by atoms with Crippen LogP contribution in [0.1, 0.15) is 36.2 Å². The molecule has 0 spiro atoms. The molecule has 0 aliphatic carbocycles. The van der Waals surface area contributed by atoms with Crippen LogP contribution in [0.3, 0.4) is 0 Å². The number of anilines is 1. The summed E-state index contributed by atoms with van der Waals surface area (Å²) in [5.74, 6) is 0.911. The average molecular weight is 261 g/mol. The molecular formula is C14H19N3S. The van der Waals surface area contributed by atoms with Crippen LogP contribution < -0.4 is 5.32 Å². The van der Waals surface area contributed by atoms with Crippen LogP contribution in [0.15, 0.2) is 24.5 Å². The van der Waals surface area contributed by atoms with Crippen molar-refractivity contribution in [1.82, 2.24) is 9.97 Å². The number of hydrogen-bond donors (Lipinski definition) is 1. The van der Waals surface area contributed by atoms with Crippen LogP contribution in [0.2, 0.25) is 0 Å². The molecule has 0 radical (unpaired) electrons. The second-order valence-corrected chi connectivity index (χ2v) is 6.70. The normalized spacial score (nSPS) is 11.6. The van der Waals surface area contributed by atoms with Crippen LogP contribution >= 0.6 is 11.3 Å². The Kier molecular flexibility index (Phi) is 3.66. The van der Waals surface area contributed by atoms with Gasteiger partial charge in [-0.05, 0) is 24.0 Å². The van der Waals surface area contributed by atoms with Gasteiger partial charge < -0.3 is 5.32 Å². The Morgan fingerprint density at radius 3 is 2.44 bits per heavy atom. The van der Waals surface area contributed by atoms with E-state index in [0.717, 1.165) is 17.4 Å². The molecule has 18 heavy (non-hydrogen) atoms. The van der Waals surface area contributed by atoms with Gasteiger partial charge in [0.05, 0.1) is 11.6 Å². The van der Waals surface area contributed by atoms with Gasteiger partial charge in [0.2, 0.25) is 0 Å². The van der Waals surface area contributed by atoms with E-state index in [1.807, 2.05) is 25.4 Å². The molecule has 2 heterocycles. The second kappa shape index (κ2) is 5.06. The number of aryl methyl sites for hydroxylation is 1. The van der Waals surface area contributed by atoms with Crippen molar-refractivity contribution >= 4 is 17.2 Å². The highest BCUT2D eigenvalue weighted by Gasteiger charge is 2.13. The van der Waals surface area contributed by atoms with E-state index in [2.05, 4.69) is 42.1 Å². The lowest BCUT2D eigenvalue weighted by Crippen LogP contribution is -2.11. The summed E-state index contributed by atoms with van der Waals surface area (Å²) >= 11 is 1.71. The summed E-state index contributed by atoms with van der Waals surface area (Å²) < 4.78 is 0. The lowest BCUT2D eigenvalue weighted by Gasteiger charge is -2.18. The van der Waals surface area contributed by atoms with Crippen LogP contribution in [-0.4, -0.2) is 9.97 Å².